The molecule has 0 aliphatic rings. The van der Waals surface area contributed by atoms with E-state index >= 15 is 0 Å². The summed E-state index contributed by atoms with van der Waals surface area (Å²) in [6.07, 6.45) is 2.74. The van der Waals surface area contributed by atoms with Crippen molar-refractivity contribution in [3.05, 3.63) is 35.9 Å². The smallest absolute Gasteiger partial charge is 0.331 e. The van der Waals surface area contributed by atoms with E-state index in [0.717, 1.165) is 5.56 Å². The van der Waals surface area contributed by atoms with Gasteiger partial charge in [0.2, 0.25) is 0 Å². The largest absolute Gasteiger partial charge is 0.497 e. The SMILES string of the molecule is COc1ccc(/C=C/C(=O)OCC(=O)NC(=O)NC(C)C)cc1. The lowest BCUT2D eigenvalue weighted by Crippen LogP contribution is -2.43. The fourth-order valence-electron chi connectivity index (χ4n) is 1.53. The molecule has 0 heterocycles. The molecule has 0 aromatic heterocycles. The molecule has 1 aromatic rings. The fraction of sp³-hybridized carbons (Fsp3) is 0.312. The molecule has 7 heteroatoms. The molecule has 0 unspecified atom stereocenters. The molecule has 7 nitrogen and oxygen atoms in total. The Morgan fingerprint density at radius 2 is 1.83 bits per heavy atom. The molecule has 23 heavy (non-hydrogen) atoms. The van der Waals surface area contributed by atoms with Crippen LogP contribution >= 0.6 is 0 Å². The van der Waals surface area contributed by atoms with Gasteiger partial charge in [0.05, 0.1) is 7.11 Å². The minimum atomic E-state index is -0.700. The highest BCUT2D eigenvalue weighted by Gasteiger charge is 2.10. The van der Waals surface area contributed by atoms with E-state index in [-0.39, 0.29) is 6.04 Å². The molecule has 0 aliphatic heterocycles. The number of esters is 1. The van der Waals surface area contributed by atoms with Gasteiger partial charge in [-0.3, -0.25) is 10.1 Å². The average Bonchev–Trinajstić information content (AvgIpc) is 2.50. The van der Waals surface area contributed by atoms with Crippen LogP contribution < -0.4 is 15.4 Å². The molecule has 1 aromatic carbocycles. The molecule has 3 amide bonds. The number of nitrogens with one attached hydrogen (secondary N) is 2. The van der Waals surface area contributed by atoms with E-state index in [1.165, 1.54) is 6.08 Å². The molecule has 1 rings (SSSR count). The number of methoxy groups -OCH3 is 1. The Morgan fingerprint density at radius 3 is 2.39 bits per heavy atom. The first-order chi connectivity index (χ1) is 10.9. The summed E-state index contributed by atoms with van der Waals surface area (Å²) >= 11 is 0. The van der Waals surface area contributed by atoms with Crippen molar-refractivity contribution in [1.29, 1.82) is 0 Å². The summed E-state index contributed by atoms with van der Waals surface area (Å²) in [5.41, 5.74) is 0.781. The lowest BCUT2D eigenvalue weighted by atomic mass is 10.2. The van der Waals surface area contributed by atoms with Gasteiger partial charge in [0.25, 0.3) is 5.91 Å². The Hall–Kier alpha value is -2.83. The number of amides is 3. The number of imide groups is 1. The normalized spacial score (nSPS) is 10.4. The maximum absolute atomic E-state index is 11.5. The average molecular weight is 320 g/mol. The number of rotatable bonds is 6. The fourth-order valence-corrected chi connectivity index (χ4v) is 1.53. The van der Waals surface area contributed by atoms with Crippen molar-refractivity contribution in [3.8, 4) is 5.75 Å². The third-order valence-electron chi connectivity index (χ3n) is 2.55. The molecule has 0 aliphatic carbocycles. The molecule has 0 radical (unpaired) electrons. The van der Waals surface area contributed by atoms with Crippen LogP contribution in [-0.4, -0.2) is 37.7 Å². The maximum Gasteiger partial charge on any atom is 0.331 e. The Kier molecular flexibility index (Phi) is 7.32. The van der Waals surface area contributed by atoms with Crippen molar-refractivity contribution in [2.75, 3.05) is 13.7 Å². The van der Waals surface area contributed by atoms with E-state index in [9.17, 15) is 14.4 Å². The van der Waals surface area contributed by atoms with Crippen molar-refractivity contribution in [1.82, 2.24) is 10.6 Å². The molecular weight excluding hydrogens is 300 g/mol. The minimum absolute atomic E-state index is 0.0993. The van der Waals surface area contributed by atoms with Crippen LogP contribution in [0.15, 0.2) is 30.3 Å². The van der Waals surface area contributed by atoms with Crippen molar-refractivity contribution in [2.45, 2.75) is 19.9 Å². The third kappa shape index (κ3) is 7.66. The van der Waals surface area contributed by atoms with Crippen LogP contribution in [0, 0.1) is 0 Å². The van der Waals surface area contributed by atoms with Crippen LogP contribution in [0.1, 0.15) is 19.4 Å². The van der Waals surface area contributed by atoms with Gasteiger partial charge in [-0.25, -0.2) is 9.59 Å². The van der Waals surface area contributed by atoms with E-state index in [1.807, 2.05) is 5.32 Å². The van der Waals surface area contributed by atoms with Crippen LogP contribution in [-0.2, 0) is 14.3 Å². The maximum atomic E-state index is 11.5. The van der Waals surface area contributed by atoms with E-state index in [2.05, 4.69) is 5.32 Å². The monoisotopic (exact) mass is 320 g/mol. The second kappa shape index (κ2) is 9.24. The van der Waals surface area contributed by atoms with Crippen molar-refractivity contribution < 1.29 is 23.9 Å². The molecule has 0 spiro atoms. The van der Waals surface area contributed by atoms with Crippen LogP contribution in [0.2, 0.25) is 0 Å². The lowest BCUT2D eigenvalue weighted by molar-refractivity contribution is -0.143. The first-order valence-corrected chi connectivity index (χ1v) is 7.00. The first kappa shape index (κ1) is 18.2. The van der Waals surface area contributed by atoms with Gasteiger partial charge >= 0.3 is 12.0 Å². The molecule has 0 saturated carbocycles. The number of carbonyl (C=O) groups excluding carboxylic acids is 3. The third-order valence-corrected chi connectivity index (χ3v) is 2.55. The quantitative estimate of drug-likeness (QED) is 0.612. The van der Waals surface area contributed by atoms with Crippen LogP contribution in [0.25, 0.3) is 6.08 Å². The minimum Gasteiger partial charge on any atom is -0.497 e. The van der Waals surface area contributed by atoms with E-state index in [4.69, 9.17) is 9.47 Å². The highest BCUT2D eigenvalue weighted by molar-refractivity contribution is 5.96. The standard InChI is InChI=1S/C16H20N2O5/c1-11(2)17-16(21)18-14(19)10-23-15(20)9-6-12-4-7-13(22-3)8-5-12/h4-9,11H,10H2,1-3H3,(H2,17,18,19,21)/b9-6+. The predicted molar refractivity (Wildman–Crippen MR) is 84.8 cm³/mol. The van der Waals surface area contributed by atoms with Gasteiger partial charge in [-0.1, -0.05) is 12.1 Å². The predicted octanol–water partition coefficient (Wildman–Crippen LogP) is 1.49. The van der Waals surface area contributed by atoms with Gasteiger partial charge < -0.3 is 14.8 Å². The van der Waals surface area contributed by atoms with Crippen LogP contribution in [0.3, 0.4) is 0 Å². The highest BCUT2D eigenvalue weighted by Crippen LogP contribution is 2.12. The van der Waals surface area contributed by atoms with Gasteiger partial charge in [0.15, 0.2) is 6.61 Å². The van der Waals surface area contributed by atoms with Gasteiger partial charge in [-0.05, 0) is 37.6 Å². The molecule has 124 valence electrons. The Bertz CT molecular complexity index is 579. The highest BCUT2D eigenvalue weighted by atomic mass is 16.5. The van der Waals surface area contributed by atoms with Gasteiger partial charge in [0, 0.05) is 12.1 Å². The Morgan fingerprint density at radius 1 is 1.17 bits per heavy atom. The Balaban J connectivity index is 2.36. The van der Waals surface area contributed by atoms with E-state index < -0.39 is 24.5 Å². The number of urea groups is 1. The van der Waals surface area contributed by atoms with Crippen molar-refractivity contribution in [2.24, 2.45) is 0 Å². The van der Waals surface area contributed by atoms with Gasteiger partial charge in [-0.2, -0.15) is 0 Å². The summed E-state index contributed by atoms with van der Waals surface area (Å²) < 4.78 is 9.76. The second-order valence-corrected chi connectivity index (χ2v) is 4.89. The molecule has 2 N–H and O–H groups in total. The molecule has 0 saturated heterocycles. The van der Waals surface area contributed by atoms with Crippen LogP contribution in [0.5, 0.6) is 5.75 Å². The summed E-state index contributed by atoms with van der Waals surface area (Å²) in [6, 6.07) is 6.32. The zero-order chi connectivity index (χ0) is 17.2. The summed E-state index contributed by atoms with van der Waals surface area (Å²) in [5.74, 6) is -0.671. The number of ether oxygens (including phenoxy) is 2. The molecule has 0 fully saturated rings. The second-order valence-electron chi connectivity index (χ2n) is 4.89. The summed E-state index contributed by atoms with van der Waals surface area (Å²) in [7, 11) is 1.56. The van der Waals surface area contributed by atoms with Crippen molar-refractivity contribution in [3.63, 3.8) is 0 Å². The molecular formula is C16H20N2O5. The number of hydrogen-bond acceptors (Lipinski definition) is 5. The topological polar surface area (TPSA) is 93.7 Å². The summed E-state index contributed by atoms with van der Waals surface area (Å²) in [6.45, 7) is 2.99. The first-order valence-electron chi connectivity index (χ1n) is 7.00. The van der Waals surface area contributed by atoms with Crippen LogP contribution in [0.4, 0.5) is 4.79 Å². The van der Waals surface area contributed by atoms with Crippen molar-refractivity contribution >= 4 is 24.0 Å². The van der Waals surface area contributed by atoms with E-state index in [1.54, 1.807) is 51.3 Å². The number of benzene rings is 1. The molecule has 0 atom stereocenters. The van der Waals surface area contributed by atoms with E-state index in [0.29, 0.717) is 5.75 Å². The number of carbonyl (C=O) groups is 3. The van der Waals surface area contributed by atoms with Gasteiger partial charge in [0.1, 0.15) is 5.75 Å². The zero-order valence-electron chi connectivity index (χ0n) is 13.3. The zero-order valence-corrected chi connectivity index (χ0v) is 13.3. The number of hydrogen-bond donors (Lipinski definition) is 2. The molecule has 0 bridgehead atoms. The lowest BCUT2D eigenvalue weighted by Gasteiger charge is -2.08. The summed E-state index contributed by atoms with van der Waals surface area (Å²) in [4.78, 5) is 34.2. The summed E-state index contributed by atoms with van der Waals surface area (Å²) in [5, 5.41) is 4.53. The van der Waals surface area contributed by atoms with Gasteiger partial charge in [-0.15, -0.1) is 0 Å². The Labute approximate surface area is 134 Å².